The first-order valence-corrected chi connectivity index (χ1v) is 7.25. The molecule has 0 amide bonds. The van der Waals surface area contributed by atoms with Gasteiger partial charge in [-0.15, -0.1) is 5.10 Å². The van der Waals surface area contributed by atoms with Crippen molar-refractivity contribution in [3.63, 3.8) is 0 Å². The number of aryl methyl sites for hydroxylation is 2. The molecule has 7 heteroatoms. The molecule has 104 valence electrons. The largest absolute Gasteiger partial charge is 0.381 e. The molecule has 0 saturated heterocycles. The van der Waals surface area contributed by atoms with Gasteiger partial charge in [-0.1, -0.05) is 25.5 Å². The normalized spacial score (nSPS) is 11.2. The molecule has 0 spiro atoms. The molecule has 0 saturated carbocycles. The van der Waals surface area contributed by atoms with Gasteiger partial charge < -0.3 is 5.73 Å². The maximum absolute atomic E-state index is 5.86. The van der Waals surface area contributed by atoms with Gasteiger partial charge in [0, 0.05) is 7.05 Å². The summed E-state index contributed by atoms with van der Waals surface area (Å²) in [6, 6.07) is 0. The van der Waals surface area contributed by atoms with Gasteiger partial charge in [-0.3, -0.25) is 4.68 Å². The van der Waals surface area contributed by atoms with Crippen LogP contribution in [0.4, 0.5) is 5.82 Å². The van der Waals surface area contributed by atoms with Gasteiger partial charge in [0.25, 0.3) is 0 Å². The minimum atomic E-state index is 0.524. The summed E-state index contributed by atoms with van der Waals surface area (Å²) in [5.74, 6) is 0.524. The Morgan fingerprint density at radius 3 is 2.58 bits per heavy atom. The van der Waals surface area contributed by atoms with E-state index >= 15 is 0 Å². The van der Waals surface area contributed by atoms with Crippen molar-refractivity contribution in [1.82, 2.24) is 24.8 Å². The van der Waals surface area contributed by atoms with Gasteiger partial charge in [0.15, 0.2) is 5.82 Å². The van der Waals surface area contributed by atoms with Crippen LogP contribution in [0.1, 0.15) is 37.4 Å². The lowest BCUT2D eigenvalue weighted by Crippen LogP contribution is -2.11. The van der Waals surface area contributed by atoms with E-state index < -0.39 is 0 Å². The Kier molecular flexibility index (Phi) is 4.24. The zero-order valence-electron chi connectivity index (χ0n) is 11.5. The summed E-state index contributed by atoms with van der Waals surface area (Å²) in [5, 5.41) is 12.6. The van der Waals surface area contributed by atoms with Crippen molar-refractivity contribution in [3.05, 3.63) is 21.6 Å². The third-order valence-corrected chi connectivity index (χ3v) is 4.07. The molecule has 19 heavy (non-hydrogen) atoms. The topological polar surface area (TPSA) is 74.6 Å². The third kappa shape index (κ3) is 2.65. The van der Waals surface area contributed by atoms with Crippen LogP contribution >= 0.6 is 15.9 Å². The SMILES string of the molecule is CCCc1c(N)nnn1Cc1c(Br)c(CC)nn1C. The van der Waals surface area contributed by atoms with Crippen molar-refractivity contribution in [3.8, 4) is 0 Å². The second kappa shape index (κ2) is 5.73. The first-order chi connectivity index (χ1) is 9.08. The number of hydrogen-bond donors (Lipinski definition) is 1. The molecule has 0 bridgehead atoms. The fourth-order valence-corrected chi connectivity index (χ4v) is 2.84. The smallest absolute Gasteiger partial charge is 0.169 e. The summed E-state index contributed by atoms with van der Waals surface area (Å²) in [5.41, 5.74) is 8.99. The highest BCUT2D eigenvalue weighted by Crippen LogP contribution is 2.23. The molecule has 2 heterocycles. The molecule has 0 aliphatic rings. The molecule has 0 fully saturated rings. The molecule has 2 N–H and O–H groups in total. The van der Waals surface area contributed by atoms with Gasteiger partial charge in [0.1, 0.15) is 0 Å². The van der Waals surface area contributed by atoms with Gasteiger partial charge in [-0.2, -0.15) is 5.10 Å². The fraction of sp³-hybridized carbons (Fsp3) is 0.583. The second-order valence-corrected chi connectivity index (χ2v) is 5.31. The highest BCUT2D eigenvalue weighted by molar-refractivity contribution is 9.10. The van der Waals surface area contributed by atoms with E-state index in [1.807, 2.05) is 16.4 Å². The molecule has 2 rings (SSSR count). The highest BCUT2D eigenvalue weighted by Gasteiger charge is 2.16. The Morgan fingerprint density at radius 1 is 1.26 bits per heavy atom. The number of anilines is 1. The van der Waals surface area contributed by atoms with Crippen LogP contribution in [0, 0.1) is 0 Å². The average molecular weight is 327 g/mol. The van der Waals surface area contributed by atoms with Crippen molar-refractivity contribution in [2.75, 3.05) is 5.73 Å². The third-order valence-electron chi connectivity index (χ3n) is 3.16. The zero-order chi connectivity index (χ0) is 14.0. The van der Waals surface area contributed by atoms with Gasteiger partial charge in [-0.05, 0) is 28.8 Å². The lowest BCUT2D eigenvalue weighted by molar-refractivity contribution is 0.574. The van der Waals surface area contributed by atoms with Crippen LogP contribution in [0.3, 0.4) is 0 Å². The van der Waals surface area contributed by atoms with E-state index in [2.05, 4.69) is 45.2 Å². The zero-order valence-corrected chi connectivity index (χ0v) is 13.1. The van der Waals surface area contributed by atoms with E-state index in [1.165, 1.54) is 0 Å². The summed E-state index contributed by atoms with van der Waals surface area (Å²) < 4.78 is 4.80. The lowest BCUT2D eigenvalue weighted by Gasteiger charge is -2.07. The van der Waals surface area contributed by atoms with E-state index in [0.717, 1.165) is 40.8 Å². The van der Waals surface area contributed by atoms with Crippen molar-refractivity contribution in [1.29, 1.82) is 0 Å². The van der Waals surface area contributed by atoms with Gasteiger partial charge in [-0.25, -0.2) is 4.68 Å². The molecule has 0 unspecified atom stereocenters. The number of hydrogen-bond acceptors (Lipinski definition) is 4. The Bertz CT molecular complexity index is 571. The molecule has 0 aromatic carbocycles. The molecule has 2 aromatic heterocycles. The quantitative estimate of drug-likeness (QED) is 0.910. The monoisotopic (exact) mass is 326 g/mol. The van der Waals surface area contributed by atoms with Crippen molar-refractivity contribution < 1.29 is 0 Å². The van der Waals surface area contributed by atoms with Crippen LogP contribution in [-0.2, 0) is 26.4 Å². The number of rotatable bonds is 5. The summed E-state index contributed by atoms with van der Waals surface area (Å²) >= 11 is 3.61. The number of nitrogens with two attached hydrogens (primary N) is 1. The molecular weight excluding hydrogens is 308 g/mol. The lowest BCUT2D eigenvalue weighted by atomic mass is 10.2. The number of nitrogens with zero attached hydrogens (tertiary/aromatic N) is 5. The van der Waals surface area contributed by atoms with Crippen LogP contribution in [0.2, 0.25) is 0 Å². The first-order valence-electron chi connectivity index (χ1n) is 6.46. The Labute approximate surface area is 121 Å². The van der Waals surface area contributed by atoms with E-state index in [9.17, 15) is 0 Å². The van der Waals surface area contributed by atoms with Crippen LogP contribution in [0.15, 0.2) is 4.47 Å². The standard InChI is InChI=1S/C12H19BrN6/c1-4-6-9-12(14)15-17-19(9)7-10-11(13)8(5-2)16-18(10)3/h4-7,14H2,1-3H3. The summed E-state index contributed by atoms with van der Waals surface area (Å²) in [4.78, 5) is 0. The molecule has 0 aliphatic heterocycles. The van der Waals surface area contributed by atoms with Crippen molar-refractivity contribution in [2.45, 2.75) is 39.7 Å². The van der Waals surface area contributed by atoms with Crippen molar-refractivity contribution >= 4 is 21.7 Å². The summed E-state index contributed by atoms with van der Waals surface area (Å²) in [7, 11) is 1.94. The first kappa shape index (κ1) is 14.0. The molecule has 0 radical (unpaired) electrons. The van der Waals surface area contributed by atoms with E-state index in [0.29, 0.717) is 12.4 Å². The fourth-order valence-electron chi connectivity index (χ4n) is 2.10. The second-order valence-electron chi connectivity index (χ2n) is 4.51. The highest BCUT2D eigenvalue weighted by atomic mass is 79.9. The number of halogens is 1. The molecule has 0 aliphatic carbocycles. The van der Waals surface area contributed by atoms with E-state index in [4.69, 9.17) is 5.73 Å². The van der Waals surface area contributed by atoms with Crippen LogP contribution in [0.25, 0.3) is 0 Å². The van der Waals surface area contributed by atoms with Crippen molar-refractivity contribution in [2.24, 2.45) is 7.05 Å². The van der Waals surface area contributed by atoms with Gasteiger partial charge >= 0.3 is 0 Å². The van der Waals surface area contributed by atoms with Crippen LogP contribution < -0.4 is 5.73 Å². The predicted octanol–water partition coefficient (Wildman–Crippen LogP) is 1.92. The van der Waals surface area contributed by atoms with E-state index in [-0.39, 0.29) is 0 Å². The van der Waals surface area contributed by atoms with Gasteiger partial charge in [0.2, 0.25) is 0 Å². The van der Waals surface area contributed by atoms with Crippen LogP contribution in [-0.4, -0.2) is 24.8 Å². The minimum Gasteiger partial charge on any atom is -0.381 e. The maximum Gasteiger partial charge on any atom is 0.169 e. The number of aromatic nitrogens is 5. The minimum absolute atomic E-state index is 0.524. The average Bonchev–Trinajstić information content (AvgIpc) is 2.86. The number of nitrogen functional groups attached to an aromatic ring is 1. The van der Waals surface area contributed by atoms with E-state index in [1.54, 1.807) is 0 Å². The Morgan fingerprint density at radius 2 is 2.00 bits per heavy atom. The van der Waals surface area contributed by atoms with Crippen LogP contribution in [0.5, 0.6) is 0 Å². The summed E-state index contributed by atoms with van der Waals surface area (Å²) in [6.45, 7) is 4.84. The summed E-state index contributed by atoms with van der Waals surface area (Å²) in [6.07, 6.45) is 2.80. The Balaban J connectivity index is 2.33. The van der Waals surface area contributed by atoms with Gasteiger partial charge in [0.05, 0.1) is 28.1 Å². The molecule has 6 nitrogen and oxygen atoms in total. The predicted molar refractivity (Wildman–Crippen MR) is 77.8 cm³/mol. The Hall–Kier alpha value is -1.37. The molecule has 0 atom stereocenters. The molecule has 2 aromatic rings. The maximum atomic E-state index is 5.86. The molecular formula is C12H19BrN6.